The van der Waals surface area contributed by atoms with E-state index in [-0.39, 0.29) is 0 Å². The van der Waals surface area contributed by atoms with Gasteiger partial charge in [0.1, 0.15) is 0 Å². The Hall–Kier alpha value is 0. The Morgan fingerprint density at radius 3 is 2.18 bits per heavy atom. The van der Waals surface area contributed by atoms with E-state index in [0.717, 1.165) is 17.8 Å². The third kappa shape index (κ3) is 1.45. The van der Waals surface area contributed by atoms with E-state index in [1.807, 2.05) is 0 Å². The molecule has 3 atom stereocenters. The normalized spacial score (nSPS) is 39.3. The summed E-state index contributed by atoms with van der Waals surface area (Å²) in [6.07, 6.45) is 2.83. The van der Waals surface area contributed by atoms with Gasteiger partial charge in [-0.15, -0.1) is 0 Å². The average Bonchev–Trinajstić information content (AvgIpc) is 2.63. The lowest BCUT2D eigenvalue weighted by molar-refractivity contribution is 0.309. The van der Waals surface area contributed by atoms with E-state index in [2.05, 4.69) is 34.6 Å². The third-order valence-electron chi connectivity index (χ3n) is 4.00. The number of hydrogen-bond donors (Lipinski definition) is 0. The highest BCUT2D eigenvalue weighted by molar-refractivity contribution is 5.02. The van der Waals surface area contributed by atoms with Crippen LogP contribution in [-0.2, 0) is 0 Å². The largest absolute Gasteiger partial charge is 0.0651 e. The van der Waals surface area contributed by atoms with Crippen molar-refractivity contribution in [3.63, 3.8) is 0 Å². The highest BCUT2D eigenvalue weighted by atomic mass is 14.6. The molecule has 3 unspecified atom stereocenters. The van der Waals surface area contributed by atoms with E-state index in [0.29, 0.717) is 5.41 Å². The molecule has 66 valence electrons. The summed E-state index contributed by atoms with van der Waals surface area (Å²) in [7, 11) is 0. The second-order valence-corrected chi connectivity index (χ2v) is 4.86. The van der Waals surface area contributed by atoms with Gasteiger partial charge in [-0.05, 0) is 29.6 Å². The van der Waals surface area contributed by atoms with Gasteiger partial charge in [0.25, 0.3) is 0 Å². The maximum Gasteiger partial charge on any atom is -0.0269 e. The maximum atomic E-state index is 2.45. The van der Waals surface area contributed by atoms with Gasteiger partial charge in [-0.25, -0.2) is 0 Å². The minimum Gasteiger partial charge on any atom is -0.0651 e. The van der Waals surface area contributed by atoms with Crippen molar-refractivity contribution in [3.05, 3.63) is 0 Å². The Bertz CT molecular complexity index is 137. The number of hydrogen-bond acceptors (Lipinski definition) is 0. The van der Waals surface area contributed by atoms with Gasteiger partial charge in [-0.2, -0.15) is 0 Å². The van der Waals surface area contributed by atoms with E-state index in [1.54, 1.807) is 0 Å². The number of rotatable bonds is 3. The van der Waals surface area contributed by atoms with Crippen molar-refractivity contribution in [3.8, 4) is 0 Å². The van der Waals surface area contributed by atoms with Gasteiger partial charge in [0.15, 0.2) is 0 Å². The van der Waals surface area contributed by atoms with Crippen molar-refractivity contribution in [2.75, 3.05) is 0 Å². The van der Waals surface area contributed by atoms with Crippen LogP contribution in [0.1, 0.15) is 47.5 Å². The molecule has 0 saturated heterocycles. The second kappa shape index (κ2) is 2.80. The Balaban J connectivity index is 2.46. The molecular weight excluding hydrogens is 132 g/mol. The molecule has 0 bridgehead atoms. The predicted octanol–water partition coefficient (Wildman–Crippen LogP) is 3.71. The first-order valence-electron chi connectivity index (χ1n) is 5.02. The molecule has 0 nitrogen and oxygen atoms in total. The molecule has 1 aliphatic rings. The second-order valence-electron chi connectivity index (χ2n) is 4.86. The van der Waals surface area contributed by atoms with Crippen molar-refractivity contribution >= 4 is 0 Å². The molecule has 1 fully saturated rings. The van der Waals surface area contributed by atoms with Gasteiger partial charge in [-0.3, -0.25) is 0 Å². The SMILES string of the molecule is CCC(C)C1CC1(C)C(C)C. The first-order valence-corrected chi connectivity index (χ1v) is 5.02. The van der Waals surface area contributed by atoms with Crippen LogP contribution in [0.4, 0.5) is 0 Å². The fourth-order valence-electron chi connectivity index (χ4n) is 2.21. The molecule has 11 heavy (non-hydrogen) atoms. The fraction of sp³-hybridized carbons (Fsp3) is 1.00. The van der Waals surface area contributed by atoms with Crippen LogP contribution < -0.4 is 0 Å². The Morgan fingerprint density at radius 2 is 1.91 bits per heavy atom. The monoisotopic (exact) mass is 154 g/mol. The maximum absolute atomic E-state index is 2.45. The molecule has 0 aromatic carbocycles. The van der Waals surface area contributed by atoms with Crippen molar-refractivity contribution in [1.29, 1.82) is 0 Å². The Morgan fingerprint density at radius 1 is 1.36 bits per heavy atom. The average molecular weight is 154 g/mol. The standard InChI is InChI=1S/C11H22/c1-6-9(4)10-7-11(10,5)8(2)3/h8-10H,6-7H2,1-5H3. The molecule has 1 rings (SSSR count). The van der Waals surface area contributed by atoms with Crippen LogP contribution in [0.3, 0.4) is 0 Å². The molecule has 0 heterocycles. The van der Waals surface area contributed by atoms with E-state index < -0.39 is 0 Å². The molecule has 1 saturated carbocycles. The lowest BCUT2D eigenvalue weighted by Gasteiger charge is -2.18. The van der Waals surface area contributed by atoms with Gasteiger partial charge >= 0.3 is 0 Å². The van der Waals surface area contributed by atoms with Crippen molar-refractivity contribution in [2.45, 2.75) is 47.5 Å². The third-order valence-corrected chi connectivity index (χ3v) is 4.00. The highest BCUT2D eigenvalue weighted by Gasteiger charge is 2.53. The fourth-order valence-corrected chi connectivity index (χ4v) is 2.21. The van der Waals surface area contributed by atoms with Crippen LogP contribution in [-0.4, -0.2) is 0 Å². The lowest BCUT2D eigenvalue weighted by Crippen LogP contribution is -2.11. The minimum atomic E-state index is 0.690. The molecule has 0 aromatic heterocycles. The summed E-state index contributed by atoms with van der Waals surface area (Å²) in [4.78, 5) is 0. The zero-order chi connectivity index (χ0) is 8.65. The molecule has 1 aliphatic carbocycles. The Kier molecular flexibility index (Phi) is 2.32. The predicted molar refractivity (Wildman–Crippen MR) is 50.5 cm³/mol. The lowest BCUT2D eigenvalue weighted by atomic mass is 9.87. The van der Waals surface area contributed by atoms with E-state index >= 15 is 0 Å². The zero-order valence-corrected chi connectivity index (χ0v) is 8.65. The highest BCUT2D eigenvalue weighted by Crippen LogP contribution is 2.61. The molecule has 0 radical (unpaired) electrons. The smallest absolute Gasteiger partial charge is 0.0269 e. The van der Waals surface area contributed by atoms with Crippen molar-refractivity contribution in [1.82, 2.24) is 0 Å². The summed E-state index contributed by atoms with van der Waals surface area (Å²) < 4.78 is 0. The molecular formula is C11H22. The summed E-state index contributed by atoms with van der Waals surface area (Å²) in [6.45, 7) is 11.9. The van der Waals surface area contributed by atoms with Crippen LogP contribution in [0.25, 0.3) is 0 Å². The molecule has 0 N–H and O–H groups in total. The molecule has 0 heteroatoms. The first-order chi connectivity index (χ1) is 5.02. The van der Waals surface area contributed by atoms with Gasteiger partial charge in [0, 0.05) is 0 Å². The summed E-state index contributed by atoms with van der Waals surface area (Å²) in [5, 5.41) is 0. The van der Waals surface area contributed by atoms with Gasteiger partial charge in [0.05, 0.1) is 0 Å². The van der Waals surface area contributed by atoms with E-state index in [1.165, 1.54) is 12.8 Å². The quantitative estimate of drug-likeness (QED) is 0.581. The summed E-state index contributed by atoms with van der Waals surface area (Å²) in [5.41, 5.74) is 0.690. The van der Waals surface area contributed by atoms with E-state index in [9.17, 15) is 0 Å². The zero-order valence-electron chi connectivity index (χ0n) is 8.65. The molecule has 0 amide bonds. The van der Waals surface area contributed by atoms with Crippen LogP contribution >= 0.6 is 0 Å². The van der Waals surface area contributed by atoms with Gasteiger partial charge < -0.3 is 0 Å². The van der Waals surface area contributed by atoms with Gasteiger partial charge in [0.2, 0.25) is 0 Å². The van der Waals surface area contributed by atoms with Crippen LogP contribution in [0.2, 0.25) is 0 Å². The topological polar surface area (TPSA) is 0 Å². The Labute approximate surface area is 71.4 Å². The minimum absolute atomic E-state index is 0.690. The van der Waals surface area contributed by atoms with Crippen molar-refractivity contribution in [2.24, 2.45) is 23.2 Å². The van der Waals surface area contributed by atoms with Crippen molar-refractivity contribution < 1.29 is 0 Å². The first kappa shape index (κ1) is 9.09. The summed E-state index contributed by atoms with van der Waals surface area (Å²) in [5.74, 6) is 2.84. The van der Waals surface area contributed by atoms with E-state index in [4.69, 9.17) is 0 Å². The van der Waals surface area contributed by atoms with Crippen LogP contribution in [0.15, 0.2) is 0 Å². The molecule has 0 aromatic rings. The molecule has 0 spiro atoms. The van der Waals surface area contributed by atoms with Crippen LogP contribution in [0, 0.1) is 23.2 Å². The summed E-state index contributed by atoms with van der Waals surface area (Å²) in [6, 6.07) is 0. The van der Waals surface area contributed by atoms with Gasteiger partial charge in [-0.1, -0.05) is 41.0 Å². The summed E-state index contributed by atoms with van der Waals surface area (Å²) >= 11 is 0. The van der Waals surface area contributed by atoms with Crippen LogP contribution in [0.5, 0.6) is 0 Å². The molecule has 0 aliphatic heterocycles.